The lowest BCUT2D eigenvalue weighted by Gasteiger charge is -2.09. The first-order valence-electron chi connectivity index (χ1n) is 5.95. The van der Waals surface area contributed by atoms with Gasteiger partial charge in [0, 0.05) is 13.6 Å². The molecule has 0 aliphatic carbocycles. The number of nitrogens with one attached hydrogen (secondary N) is 1. The van der Waals surface area contributed by atoms with Crippen LogP contribution in [0, 0.1) is 17.0 Å². The van der Waals surface area contributed by atoms with Gasteiger partial charge in [-0.25, -0.2) is 0 Å². The zero-order valence-electron chi connectivity index (χ0n) is 11.6. The Morgan fingerprint density at radius 2 is 2.16 bits per heavy atom. The average molecular weight is 269 g/mol. The Balaban J connectivity index is 2.72. The van der Waals surface area contributed by atoms with Crippen LogP contribution in [0.4, 0.5) is 5.69 Å². The smallest absolute Gasteiger partial charge is 0.322 e. The number of hydrogen-bond donors (Lipinski definition) is 1. The topological polar surface area (TPSA) is 93.3 Å². The van der Waals surface area contributed by atoms with Gasteiger partial charge in [0.05, 0.1) is 4.92 Å². The van der Waals surface area contributed by atoms with Crippen molar-refractivity contribution in [2.24, 2.45) is 7.05 Å². The molecule has 0 atom stereocenters. The number of carbonyl (C=O) groups excluding carboxylic acids is 1. The van der Waals surface area contributed by atoms with Gasteiger partial charge in [-0.1, -0.05) is 0 Å². The number of rotatable bonds is 6. The molecule has 0 unspecified atom stereocenters. The normalized spacial score (nSPS) is 10.8. The van der Waals surface area contributed by atoms with Gasteiger partial charge in [-0.15, -0.1) is 0 Å². The number of aromatic nitrogens is 2. The Morgan fingerprint density at radius 1 is 1.53 bits per heavy atom. The van der Waals surface area contributed by atoms with E-state index in [2.05, 4.69) is 10.4 Å². The average Bonchev–Trinajstić information content (AvgIpc) is 2.61. The number of amides is 1. The summed E-state index contributed by atoms with van der Waals surface area (Å²) < 4.78 is 1.34. The zero-order valence-corrected chi connectivity index (χ0v) is 11.6. The summed E-state index contributed by atoms with van der Waals surface area (Å²) in [4.78, 5) is 24.2. The predicted molar refractivity (Wildman–Crippen MR) is 70.1 cm³/mol. The van der Waals surface area contributed by atoms with E-state index < -0.39 is 10.8 Å². The van der Waals surface area contributed by atoms with E-state index in [0.29, 0.717) is 12.2 Å². The molecule has 106 valence electrons. The standard InChI is InChI=1S/C11H19N5O3/c1-8-10(16(18)19)9(13-15(8)4)11(17)12-6-5-7-14(2)3/h5-7H2,1-4H3,(H,12,17). The summed E-state index contributed by atoms with van der Waals surface area (Å²) in [5.41, 5.74) is 0.00547. The van der Waals surface area contributed by atoms with E-state index in [1.54, 1.807) is 14.0 Å². The molecular weight excluding hydrogens is 250 g/mol. The van der Waals surface area contributed by atoms with Gasteiger partial charge in [0.2, 0.25) is 5.69 Å². The molecule has 0 radical (unpaired) electrons. The molecule has 1 aromatic rings. The van der Waals surface area contributed by atoms with E-state index in [1.807, 2.05) is 19.0 Å². The van der Waals surface area contributed by atoms with Crippen LogP contribution in [0.3, 0.4) is 0 Å². The third kappa shape index (κ3) is 3.75. The van der Waals surface area contributed by atoms with Crippen LogP contribution in [0.5, 0.6) is 0 Å². The summed E-state index contributed by atoms with van der Waals surface area (Å²) in [6.45, 7) is 2.86. The van der Waals surface area contributed by atoms with Gasteiger partial charge >= 0.3 is 5.69 Å². The Bertz CT molecular complexity index is 481. The molecule has 0 saturated carbocycles. The highest BCUT2D eigenvalue weighted by molar-refractivity contribution is 5.96. The second-order valence-electron chi connectivity index (χ2n) is 4.58. The van der Waals surface area contributed by atoms with Gasteiger partial charge in [-0.05, 0) is 34.0 Å². The molecule has 8 nitrogen and oxygen atoms in total. The van der Waals surface area contributed by atoms with Crippen LogP contribution in [0.2, 0.25) is 0 Å². The van der Waals surface area contributed by atoms with Crippen LogP contribution in [-0.4, -0.2) is 52.7 Å². The largest absolute Gasteiger partial charge is 0.350 e. The minimum absolute atomic E-state index is 0.130. The third-order valence-corrected chi connectivity index (χ3v) is 2.77. The number of aryl methyl sites for hydroxylation is 1. The van der Waals surface area contributed by atoms with Crippen molar-refractivity contribution in [3.63, 3.8) is 0 Å². The molecule has 0 aliphatic heterocycles. The maximum atomic E-state index is 11.9. The molecule has 19 heavy (non-hydrogen) atoms. The molecule has 1 amide bonds. The van der Waals surface area contributed by atoms with Gasteiger partial charge in [0.1, 0.15) is 5.69 Å². The Kier molecular flexibility index (Phi) is 4.99. The van der Waals surface area contributed by atoms with E-state index in [9.17, 15) is 14.9 Å². The van der Waals surface area contributed by atoms with Crippen molar-refractivity contribution in [2.45, 2.75) is 13.3 Å². The van der Waals surface area contributed by atoms with E-state index in [4.69, 9.17) is 0 Å². The first-order chi connectivity index (χ1) is 8.84. The molecular formula is C11H19N5O3. The summed E-state index contributed by atoms with van der Waals surface area (Å²) in [7, 11) is 5.45. The maximum Gasteiger partial charge on any atom is 0.322 e. The highest BCUT2D eigenvalue weighted by Gasteiger charge is 2.28. The van der Waals surface area contributed by atoms with Gasteiger partial charge < -0.3 is 10.2 Å². The second-order valence-corrected chi connectivity index (χ2v) is 4.58. The van der Waals surface area contributed by atoms with Crippen LogP contribution in [0.25, 0.3) is 0 Å². The maximum absolute atomic E-state index is 11.9. The number of nitro groups is 1. The van der Waals surface area contributed by atoms with Crippen molar-refractivity contribution < 1.29 is 9.72 Å². The molecule has 1 N–H and O–H groups in total. The number of carbonyl (C=O) groups is 1. The summed E-state index contributed by atoms with van der Waals surface area (Å²) in [6, 6.07) is 0. The molecule has 0 spiro atoms. The molecule has 1 heterocycles. The van der Waals surface area contributed by atoms with E-state index in [1.165, 1.54) is 4.68 Å². The molecule has 0 aromatic carbocycles. The highest BCUT2D eigenvalue weighted by atomic mass is 16.6. The van der Waals surface area contributed by atoms with Gasteiger partial charge in [-0.3, -0.25) is 19.6 Å². The van der Waals surface area contributed by atoms with Gasteiger partial charge in [0.15, 0.2) is 0 Å². The van der Waals surface area contributed by atoms with Crippen molar-refractivity contribution in [3.05, 3.63) is 21.5 Å². The van der Waals surface area contributed by atoms with E-state index >= 15 is 0 Å². The molecule has 0 aliphatic rings. The zero-order chi connectivity index (χ0) is 14.6. The fraction of sp³-hybridized carbons (Fsp3) is 0.636. The molecule has 0 saturated heterocycles. The molecule has 0 bridgehead atoms. The monoisotopic (exact) mass is 269 g/mol. The highest BCUT2D eigenvalue weighted by Crippen LogP contribution is 2.21. The van der Waals surface area contributed by atoms with Crippen LogP contribution in [0.1, 0.15) is 22.6 Å². The Morgan fingerprint density at radius 3 is 2.68 bits per heavy atom. The molecule has 1 rings (SSSR count). The van der Waals surface area contributed by atoms with E-state index in [0.717, 1.165) is 13.0 Å². The van der Waals surface area contributed by atoms with Crippen LogP contribution < -0.4 is 5.32 Å². The molecule has 0 fully saturated rings. The van der Waals surface area contributed by atoms with Crippen LogP contribution in [-0.2, 0) is 7.05 Å². The first kappa shape index (κ1) is 15.1. The fourth-order valence-corrected chi connectivity index (χ4v) is 1.65. The van der Waals surface area contributed by atoms with Gasteiger partial charge in [-0.2, -0.15) is 5.10 Å². The van der Waals surface area contributed by atoms with Crippen molar-refractivity contribution in [1.82, 2.24) is 20.0 Å². The first-order valence-corrected chi connectivity index (χ1v) is 5.95. The summed E-state index contributed by atoms with van der Waals surface area (Å²) in [6.07, 6.45) is 0.776. The summed E-state index contributed by atoms with van der Waals surface area (Å²) in [5, 5.41) is 17.5. The minimum Gasteiger partial charge on any atom is -0.350 e. The minimum atomic E-state index is -0.572. The van der Waals surface area contributed by atoms with Crippen LogP contribution in [0.15, 0.2) is 0 Å². The van der Waals surface area contributed by atoms with Crippen molar-refractivity contribution >= 4 is 11.6 Å². The van der Waals surface area contributed by atoms with Crippen molar-refractivity contribution in [1.29, 1.82) is 0 Å². The lowest BCUT2D eigenvalue weighted by atomic mass is 10.3. The second kappa shape index (κ2) is 6.28. The Hall–Kier alpha value is -1.96. The van der Waals surface area contributed by atoms with Crippen molar-refractivity contribution in [2.75, 3.05) is 27.2 Å². The number of hydrogen-bond acceptors (Lipinski definition) is 5. The summed E-state index contributed by atoms with van der Waals surface area (Å²) >= 11 is 0. The Labute approximate surface area is 111 Å². The molecule has 1 aromatic heterocycles. The molecule has 8 heteroatoms. The van der Waals surface area contributed by atoms with Gasteiger partial charge in [0.25, 0.3) is 5.91 Å². The number of nitrogens with zero attached hydrogens (tertiary/aromatic N) is 4. The lowest BCUT2D eigenvalue weighted by molar-refractivity contribution is -0.385. The predicted octanol–water partition coefficient (Wildman–Crippen LogP) is 0.318. The van der Waals surface area contributed by atoms with Crippen LogP contribution >= 0.6 is 0 Å². The van der Waals surface area contributed by atoms with Crippen molar-refractivity contribution in [3.8, 4) is 0 Å². The third-order valence-electron chi connectivity index (χ3n) is 2.77. The lowest BCUT2D eigenvalue weighted by Crippen LogP contribution is -2.28. The SMILES string of the molecule is Cc1c([N+](=O)[O-])c(C(=O)NCCCN(C)C)nn1C. The van der Waals surface area contributed by atoms with E-state index in [-0.39, 0.29) is 11.4 Å². The fourth-order valence-electron chi connectivity index (χ4n) is 1.65. The summed E-state index contributed by atoms with van der Waals surface area (Å²) in [5.74, 6) is -0.505. The quantitative estimate of drug-likeness (QED) is 0.456.